The van der Waals surface area contributed by atoms with Gasteiger partial charge >= 0.3 is 0 Å². The predicted molar refractivity (Wildman–Crippen MR) is 94.0 cm³/mol. The van der Waals surface area contributed by atoms with Crippen molar-refractivity contribution in [3.05, 3.63) is 47.6 Å². The molecule has 1 aromatic carbocycles. The van der Waals surface area contributed by atoms with Crippen molar-refractivity contribution in [2.45, 2.75) is 26.9 Å². The molecular weight excluding hydrogens is 336 g/mol. The minimum Gasteiger partial charge on any atom is -0.504 e. The van der Waals surface area contributed by atoms with Crippen molar-refractivity contribution in [1.29, 1.82) is 0 Å². The molecule has 8 heteroatoms. The normalized spacial score (nSPS) is 10.7. The van der Waals surface area contributed by atoms with E-state index in [0.717, 1.165) is 0 Å². The molecular formula is C18H20N4O4. The summed E-state index contributed by atoms with van der Waals surface area (Å²) in [6, 6.07) is 4.84. The minimum atomic E-state index is -0.222. The van der Waals surface area contributed by atoms with E-state index in [0.29, 0.717) is 40.8 Å². The van der Waals surface area contributed by atoms with Gasteiger partial charge in [0.05, 0.1) is 25.4 Å². The van der Waals surface area contributed by atoms with Crippen molar-refractivity contribution < 1.29 is 19.1 Å². The average molecular weight is 356 g/mol. The Morgan fingerprint density at radius 2 is 2.23 bits per heavy atom. The zero-order chi connectivity index (χ0) is 18.7. The quantitative estimate of drug-likeness (QED) is 0.703. The van der Waals surface area contributed by atoms with E-state index >= 15 is 0 Å². The maximum atomic E-state index is 12.2. The number of rotatable bonds is 6. The number of carbonyl (C=O) groups excluding carboxylic acids is 1. The van der Waals surface area contributed by atoms with Gasteiger partial charge in [0.2, 0.25) is 5.89 Å². The Hall–Kier alpha value is -3.29. The molecule has 3 aromatic rings. The number of benzene rings is 1. The van der Waals surface area contributed by atoms with Crippen molar-refractivity contribution >= 4 is 5.91 Å². The van der Waals surface area contributed by atoms with Gasteiger partial charge in [-0.1, -0.05) is 0 Å². The lowest BCUT2D eigenvalue weighted by atomic mass is 10.2. The standard InChI is InChI=1S/C18H20N4O4/c1-4-22-10-13(8-20-22)17(24)19-9-14-11(2)26-18(21-14)12-5-6-15(23)16(7-12)25-3/h5-8,10,23H,4,9H2,1-3H3,(H,19,24). The van der Waals surface area contributed by atoms with E-state index in [9.17, 15) is 9.90 Å². The number of ether oxygens (including phenoxy) is 1. The van der Waals surface area contributed by atoms with E-state index < -0.39 is 0 Å². The topological polar surface area (TPSA) is 102 Å². The van der Waals surface area contributed by atoms with Crippen molar-refractivity contribution in [3.8, 4) is 23.0 Å². The Kier molecular flexibility index (Phi) is 4.92. The van der Waals surface area contributed by atoms with Crippen LogP contribution in [-0.4, -0.2) is 32.9 Å². The van der Waals surface area contributed by atoms with Crippen molar-refractivity contribution in [1.82, 2.24) is 20.1 Å². The summed E-state index contributed by atoms with van der Waals surface area (Å²) in [4.78, 5) is 16.6. The van der Waals surface area contributed by atoms with E-state index in [1.807, 2.05) is 6.92 Å². The predicted octanol–water partition coefficient (Wildman–Crippen LogP) is 2.51. The van der Waals surface area contributed by atoms with Crippen LogP contribution in [0.2, 0.25) is 0 Å². The van der Waals surface area contributed by atoms with E-state index in [1.165, 1.54) is 19.4 Å². The SMILES string of the molecule is CCn1cc(C(=O)NCc2nc(-c3ccc(O)c(OC)c3)oc2C)cn1. The highest BCUT2D eigenvalue weighted by molar-refractivity contribution is 5.93. The van der Waals surface area contributed by atoms with Gasteiger partial charge in [-0.15, -0.1) is 0 Å². The van der Waals surface area contributed by atoms with Gasteiger partial charge in [0.25, 0.3) is 5.91 Å². The molecule has 0 saturated carbocycles. The van der Waals surface area contributed by atoms with E-state index in [4.69, 9.17) is 9.15 Å². The van der Waals surface area contributed by atoms with Crippen LogP contribution < -0.4 is 10.1 Å². The van der Waals surface area contributed by atoms with Crippen LogP contribution in [0, 0.1) is 6.92 Å². The number of carbonyl (C=O) groups is 1. The zero-order valence-electron chi connectivity index (χ0n) is 14.8. The first-order valence-electron chi connectivity index (χ1n) is 8.16. The molecule has 0 fully saturated rings. The molecule has 0 spiro atoms. The number of methoxy groups -OCH3 is 1. The molecule has 0 bridgehead atoms. The molecule has 26 heavy (non-hydrogen) atoms. The molecule has 0 aliphatic carbocycles. The molecule has 0 radical (unpaired) electrons. The maximum Gasteiger partial charge on any atom is 0.254 e. The number of aromatic nitrogens is 3. The van der Waals surface area contributed by atoms with Gasteiger partial charge in [0.1, 0.15) is 11.5 Å². The fourth-order valence-corrected chi connectivity index (χ4v) is 2.45. The average Bonchev–Trinajstić information content (AvgIpc) is 3.27. The van der Waals surface area contributed by atoms with Crippen molar-refractivity contribution in [2.24, 2.45) is 0 Å². The summed E-state index contributed by atoms with van der Waals surface area (Å²) in [6.07, 6.45) is 3.22. The third-order valence-electron chi connectivity index (χ3n) is 3.96. The number of amides is 1. The van der Waals surface area contributed by atoms with Crippen LogP contribution in [0.3, 0.4) is 0 Å². The highest BCUT2D eigenvalue weighted by Gasteiger charge is 2.15. The molecule has 0 aliphatic rings. The first-order valence-corrected chi connectivity index (χ1v) is 8.16. The molecule has 2 heterocycles. The highest BCUT2D eigenvalue weighted by atomic mass is 16.5. The second kappa shape index (κ2) is 7.30. The lowest BCUT2D eigenvalue weighted by Crippen LogP contribution is -2.23. The van der Waals surface area contributed by atoms with Gasteiger partial charge < -0.3 is 19.6 Å². The smallest absolute Gasteiger partial charge is 0.254 e. The Morgan fingerprint density at radius 3 is 2.92 bits per heavy atom. The maximum absolute atomic E-state index is 12.2. The minimum absolute atomic E-state index is 0.0413. The van der Waals surface area contributed by atoms with Gasteiger partial charge in [-0.05, 0) is 32.0 Å². The van der Waals surface area contributed by atoms with E-state index in [-0.39, 0.29) is 18.2 Å². The highest BCUT2D eigenvalue weighted by Crippen LogP contribution is 2.31. The summed E-state index contributed by atoms with van der Waals surface area (Å²) in [7, 11) is 1.47. The van der Waals surface area contributed by atoms with E-state index in [2.05, 4.69) is 15.4 Å². The van der Waals surface area contributed by atoms with Crippen molar-refractivity contribution in [2.75, 3.05) is 7.11 Å². The first-order chi connectivity index (χ1) is 12.5. The molecule has 3 rings (SSSR count). The largest absolute Gasteiger partial charge is 0.504 e. The molecule has 0 aliphatic heterocycles. The number of hydrogen-bond acceptors (Lipinski definition) is 6. The molecule has 0 saturated heterocycles. The van der Waals surface area contributed by atoms with Gasteiger partial charge in [-0.25, -0.2) is 4.98 Å². The summed E-state index contributed by atoms with van der Waals surface area (Å²) in [6.45, 7) is 4.67. The number of aromatic hydroxyl groups is 1. The summed E-state index contributed by atoms with van der Waals surface area (Å²) in [5.74, 6) is 1.15. The van der Waals surface area contributed by atoms with Crippen LogP contribution in [0.25, 0.3) is 11.5 Å². The van der Waals surface area contributed by atoms with Gasteiger partial charge in [0, 0.05) is 18.3 Å². The van der Waals surface area contributed by atoms with Crippen LogP contribution >= 0.6 is 0 Å². The van der Waals surface area contributed by atoms with Gasteiger partial charge in [0.15, 0.2) is 11.5 Å². The molecule has 2 aromatic heterocycles. The molecule has 0 unspecified atom stereocenters. The second-order valence-corrected chi connectivity index (χ2v) is 5.68. The monoisotopic (exact) mass is 356 g/mol. The molecule has 136 valence electrons. The lowest BCUT2D eigenvalue weighted by molar-refractivity contribution is 0.0950. The van der Waals surface area contributed by atoms with Crippen LogP contribution in [0.5, 0.6) is 11.5 Å². The zero-order valence-corrected chi connectivity index (χ0v) is 14.8. The fraction of sp³-hybridized carbons (Fsp3) is 0.278. The van der Waals surface area contributed by atoms with Crippen molar-refractivity contribution in [3.63, 3.8) is 0 Å². The summed E-state index contributed by atoms with van der Waals surface area (Å²) >= 11 is 0. The Morgan fingerprint density at radius 1 is 1.42 bits per heavy atom. The Balaban J connectivity index is 1.73. The van der Waals surface area contributed by atoms with Crippen LogP contribution in [0.4, 0.5) is 0 Å². The molecule has 8 nitrogen and oxygen atoms in total. The number of oxazole rings is 1. The fourth-order valence-electron chi connectivity index (χ4n) is 2.45. The van der Waals surface area contributed by atoms with Crippen LogP contribution in [0.1, 0.15) is 28.7 Å². The van der Waals surface area contributed by atoms with E-state index in [1.54, 1.807) is 29.9 Å². The number of hydrogen-bond donors (Lipinski definition) is 2. The number of aryl methyl sites for hydroxylation is 2. The third-order valence-corrected chi connectivity index (χ3v) is 3.96. The molecule has 2 N–H and O–H groups in total. The summed E-state index contributed by atoms with van der Waals surface area (Å²) in [5, 5.41) is 16.6. The number of nitrogens with one attached hydrogen (secondary N) is 1. The van der Waals surface area contributed by atoms with Gasteiger partial charge in [-0.3, -0.25) is 9.48 Å². The van der Waals surface area contributed by atoms with Crippen LogP contribution in [-0.2, 0) is 13.1 Å². The Labute approximate surface area is 150 Å². The lowest BCUT2D eigenvalue weighted by Gasteiger charge is -2.04. The number of phenolic OH excluding ortho intramolecular Hbond substituents is 1. The second-order valence-electron chi connectivity index (χ2n) is 5.68. The van der Waals surface area contributed by atoms with Gasteiger partial charge in [-0.2, -0.15) is 5.10 Å². The molecule has 1 amide bonds. The number of phenols is 1. The summed E-state index contributed by atoms with van der Waals surface area (Å²) < 4.78 is 12.5. The third kappa shape index (κ3) is 3.53. The molecule has 0 atom stereocenters. The number of nitrogens with zero attached hydrogens (tertiary/aromatic N) is 3. The Bertz CT molecular complexity index is 929. The first kappa shape index (κ1) is 17.5. The summed E-state index contributed by atoms with van der Waals surface area (Å²) in [5.41, 5.74) is 1.80. The van der Waals surface area contributed by atoms with Crippen LogP contribution in [0.15, 0.2) is 35.0 Å².